The fourth-order valence-electron chi connectivity index (χ4n) is 1.84. The Morgan fingerprint density at radius 1 is 1.29 bits per heavy atom. The maximum absolute atomic E-state index is 6.05. The predicted octanol–water partition coefficient (Wildman–Crippen LogP) is 4.41. The molecule has 1 unspecified atom stereocenters. The lowest BCUT2D eigenvalue weighted by Gasteiger charge is -2.17. The van der Waals surface area contributed by atoms with E-state index < -0.39 is 0 Å². The van der Waals surface area contributed by atoms with Crippen LogP contribution in [0.3, 0.4) is 0 Å². The van der Waals surface area contributed by atoms with Gasteiger partial charge in [-0.25, -0.2) is 0 Å². The van der Waals surface area contributed by atoms with Gasteiger partial charge in [0.05, 0.1) is 18.2 Å². The number of hydrogen-bond donors (Lipinski definition) is 2. The molecule has 0 aliphatic rings. The Morgan fingerprint density at radius 3 is 2.62 bits per heavy atom. The summed E-state index contributed by atoms with van der Waals surface area (Å²) in [6.45, 7) is 0. The van der Waals surface area contributed by atoms with Crippen LogP contribution in [0.4, 0.5) is 0 Å². The first kappa shape index (κ1) is 16.6. The number of hydrogen-bond acceptors (Lipinski definition) is 4. The Morgan fingerprint density at radius 2 is 2.00 bits per heavy atom. The molecule has 0 spiro atoms. The summed E-state index contributed by atoms with van der Waals surface area (Å²) in [5.74, 6) is 7.14. The van der Waals surface area contributed by atoms with E-state index in [-0.39, 0.29) is 6.04 Å². The first-order chi connectivity index (χ1) is 10.1. The van der Waals surface area contributed by atoms with Crippen LogP contribution in [0.2, 0.25) is 5.02 Å². The monoisotopic (exact) mass is 386 g/mol. The minimum Gasteiger partial charge on any atom is -0.495 e. The molecule has 0 radical (unpaired) electrons. The average Bonchev–Trinajstić information content (AvgIpc) is 2.51. The van der Waals surface area contributed by atoms with Crippen molar-refractivity contribution >= 4 is 39.3 Å². The van der Waals surface area contributed by atoms with E-state index in [0.717, 1.165) is 15.8 Å². The standard InChI is InChI=1S/C15H16BrClN2OS/c1-20-15-8-10(2-7-13(15)17)14(19-18)9-21-12-5-3-11(16)4-6-12/h2-8,14,19H,9,18H2,1H3. The predicted molar refractivity (Wildman–Crippen MR) is 92.9 cm³/mol. The van der Waals surface area contributed by atoms with E-state index in [1.54, 1.807) is 18.9 Å². The van der Waals surface area contributed by atoms with Gasteiger partial charge in [-0.05, 0) is 42.0 Å². The van der Waals surface area contributed by atoms with Gasteiger partial charge >= 0.3 is 0 Å². The topological polar surface area (TPSA) is 47.3 Å². The molecular formula is C15H16BrClN2OS. The molecule has 0 aromatic heterocycles. The maximum Gasteiger partial charge on any atom is 0.137 e. The van der Waals surface area contributed by atoms with Crippen LogP contribution in [-0.2, 0) is 0 Å². The molecule has 0 bridgehead atoms. The van der Waals surface area contributed by atoms with Gasteiger partial charge in [-0.3, -0.25) is 11.3 Å². The number of nitrogens with one attached hydrogen (secondary N) is 1. The second kappa shape index (κ2) is 8.06. The minimum atomic E-state index is 0.0183. The molecule has 0 aliphatic heterocycles. The van der Waals surface area contributed by atoms with E-state index in [1.807, 2.05) is 30.3 Å². The van der Waals surface area contributed by atoms with E-state index in [2.05, 4.69) is 33.5 Å². The van der Waals surface area contributed by atoms with Gasteiger partial charge in [0.2, 0.25) is 0 Å². The lowest BCUT2D eigenvalue weighted by molar-refractivity contribution is 0.413. The summed E-state index contributed by atoms with van der Waals surface area (Å²) < 4.78 is 6.32. The van der Waals surface area contributed by atoms with Crippen molar-refractivity contribution in [3.05, 3.63) is 57.5 Å². The van der Waals surface area contributed by atoms with Crippen molar-refractivity contribution in [3.8, 4) is 5.75 Å². The van der Waals surface area contributed by atoms with Crippen LogP contribution in [0, 0.1) is 0 Å². The maximum atomic E-state index is 6.05. The van der Waals surface area contributed by atoms with Crippen molar-refractivity contribution in [2.24, 2.45) is 5.84 Å². The molecule has 0 heterocycles. The second-order valence-corrected chi connectivity index (χ2v) is 6.79. The highest BCUT2D eigenvalue weighted by Crippen LogP contribution is 2.30. The third-order valence-electron chi connectivity index (χ3n) is 3.01. The summed E-state index contributed by atoms with van der Waals surface area (Å²) >= 11 is 11.2. The summed E-state index contributed by atoms with van der Waals surface area (Å²) in [4.78, 5) is 1.19. The number of halogens is 2. The summed E-state index contributed by atoms with van der Waals surface area (Å²) in [5, 5.41) is 0.595. The molecule has 0 saturated heterocycles. The molecule has 2 aromatic carbocycles. The fourth-order valence-corrected chi connectivity index (χ4v) is 3.28. The van der Waals surface area contributed by atoms with Crippen LogP contribution in [0.15, 0.2) is 51.8 Å². The largest absolute Gasteiger partial charge is 0.495 e. The van der Waals surface area contributed by atoms with Gasteiger partial charge in [0, 0.05) is 15.1 Å². The summed E-state index contributed by atoms with van der Waals surface area (Å²) in [6, 6.07) is 13.9. The van der Waals surface area contributed by atoms with E-state index in [4.69, 9.17) is 22.2 Å². The molecule has 3 N–H and O–H groups in total. The molecule has 2 rings (SSSR count). The normalized spacial score (nSPS) is 12.2. The highest BCUT2D eigenvalue weighted by Gasteiger charge is 2.12. The van der Waals surface area contributed by atoms with Crippen LogP contribution < -0.4 is 16.0 Å². The third kappa shape index (κ3) is 4.63. The van der Waals surface area contributed by atoms with Gasteiger partial charge in [0.1, 0.15) is 5.75 Å². The van der Waals surface area contributed by atoms with Gasteiger partial charge in [-0.1, -0.05) is 33.6 Å². The van der Waals surface area contributed by atoms with E-state index in [9.17, 15) is 0 Å². The number of methoxy groups -OCH3 is 1. The number of benzene rings is 2. The van der Waals surface area contributed by atoms with Crippen LogP contribution in [0.25, 0.3) is 0 Å². The Bertz CT molecular complexity index is 595. The number of rotatable bonds is 6. The number of hydrazine groups is 1. The zero-order valence-corrected chi connectivity index (χ0v) is 14.6. The van der Waals surface area contributed by atoms with E-state index in [1.165, 1.54) is 4.90 Å². The number of nitrogens with two attached hydrogens (primary N) is 1. The molecule has 112 valence electrons. The minimum absolute atomic E-state index is 0.0183. The number of thioether (sulfide) groups is 1. The Labute approximate surface area is 142 Å². The molecule has 0 fully saturated rings. The van der Waals surface area contributed by atoms with Crippen molar-refractivity contribution in [1.29, 1.82) is 0 Å². The molecule has 0 saturated carbocycles. The summed E-state index contributed by atoms with van der Waals surface area (Å²) in [6.07, 6.45) is 0. The molecule has 0 amide bonds. The molecule has 0 aliphatic carbocycles. The summed E-state index contributed by atoms with van der Waals surface area (Å²) in [5.41, 5.74) is 3.89. The van der Waals surface area contributed by atoms with Crippen molar-refractivity contribution in [2.45, 2.75) is 10.9 Å². The van der Waals surface area contributed by atoms with E-state index in [0.29, 0.717) is 10.8 Å². The Hall–Kier alpha value is -0.720. The van der Waals surface area contributed by atoms with Crippen LogP contribution in [0.1, 0.15) is 11.6 Å². The molecule has 6 heteroatoms. The van der Waals surface area contributed by atoms with Gasteiger partial charge < -0.3 is 4.74 Å². The van der Waals surface area contributed by atoms with Crippen LogP contribution in [0.5, 0.6) is 5.75 Å². The van der Waals surface area contributed by atoms with Crippen molar-refractivity contribution in [2.75, 3.05) is 12.9 Å². The fraction of sp³-hybridized carbons (Fsp3) is 0.200. The first-order valence-electron chi connectivity index (χ1n) is 6.32. The lowest BCUT2D eigenvalue weighted by atomic mass is 10.1. The lowest BCUT2D eigenvalue weighted by Crippen LogP contribution is -2.29. The van der Waals surface area contributed by atoms with Crippen molar-refractivity contribution in [1.82, 2.24) is 5.43 Å². The van der Waals surface area contributed by atoms with Gasteiger partial charge in [-0.15, -0.1) is 11.8 Å². The second-order valence-electron chi connectivity index (χ2n) is 4.38. The average molecular weight is 388 g/mol. The summed E-state index contributed by atoms with van der Waals surface area (Å²) in [7, 11) is 1.60. The Kier molecular flexibility index (Phi) is 6.39. The first-order valence-corrected chi connectivity index (χ1v) is 8.47. The van der Waals surface area contributed by atoms with Gasteiger partial charge in [0.25, 0.3) is 0 Å². The molecule has 21 heavy (non-hydrogen) atoms. The van der Waals surface area contributed by atoms with Crippen LogP contribution in [-0.4, -0.2) is 12.9 Å². The smallest absolute Gasteiger partial charge is 0.137 e. The Balaban J connectivity index is 2.07. The third-order valence-corrected chi connectivity index (χ3v) is 4.96. The highest BCUT2D eigenvalue weighted by molar-refractivity contribution is 9.10. The van der Waals surface area contributed by atoms with Crippen LogP contribution >= 0.6 is 39.3 Å². The zero-order chi connectivity index (χ0) is 15.2. The quantitative estimate of drug-likeness (QED) is 0.438. The van der Waals surface area contributed by atoms with Crippen molar-refractivity contribution in [3.63, 3.8) is 0 Å². The SMILES string of the molecule is COc1cc(C(CSc2ccc(Br)cc2)NN)ccc1Cl. The highest BCUT2D eigenvalue weighted by atomic mass is 79.9. The van der Waals surface area contributed by atoms with E-state index >= 15 is 0 Å². The number of ether oxygens (including phenoxy) is 1. The molecule has 2 aromatic rings. The van der Waals surface area contributed by atoms with Crippen molar-refractivity contribution < 1.29 is 4.74 Å². The molecular weight excluding hydrogens is 372 g/mol. The molecule has 3 nitrogen and oxygen atoms in total. The van der Waals surface area contributed by atoms with Gasteiger partial charge in [0.15, 0.2) is 0 Å². The zero-order valence-electron chi connectivity index (χ0n) is 11.5. The molecule has 1 atom stereocenters. The van der Waals surface area contributed by atoms with Gasteiger partial charge in [-0.2, -0.15) is 0 Å².